The van der Waals surface area contributed by atoms with Crippen molar-refractivity contribution in [3.63, 3.8) is 0 Å². The lowest BCUT2D eigenvalue weighted by Crippen LogP contribution is -1.96. The van der Waals surface area contributed by atoms with Crippen molar-refractivity contribution < 1.29 is 9.11 Å². The van der Waals surface area contributed by atoms with E-state index in [1.165, 1.54) is 12.0 Å². The van der Waals surface area contributed by atoms with Gasteiger partial charge in [-0.1, -0.05) is 38.1 Å². The van der Waals surface area contributed by atoms with E-state index in [1.54, 1.807) is 12.1 Å². The maximum atomic E-state index is 11.0. The third-order valence-corrected chi connectivity index (χ3v) is 3.02. The fourth-order valence-corrected chi connectivity index (χ4v) is 1.99. The van der Waals surface area contributed by atoms with Crippen LogP contribution in [-0.4, -0.2) is 10.2 Å². The van der Waals surface area contributed by atoms with Crippen LogP contribution in [0.2, 0.25) is 0 Å². The van der Waals surface area contributed by atoms with Crippen LogP contribution < -0.4 is 4.18 Å². The Morgan fingerprint density at radius 3 is 2.39 bits per heavy atom. The number of nitro groups is 1. The van der Waals surface area contributed by atoms with Gasteiger partial charge in [0, 0.05) is 11.3 Å². The molecule has 2 rings (SSSR count). The van der Waals surface area contributed by atoms with Crippen LogP contribution in [-0.2, 0) is 0 Å². The van der Waals surface area contributed by atoms with Crippen molar-refractivity contribution in [3.05, 3.63) is 46.5 Å². The lowest BCUT2D eigenvalue weighted by molar-refractivity contribution is -0.385. The zero-order valence-electron chi connectivity index (χ0n) is 10.1. The summed E-state index contributed by atoms with van der Waals surface area (Å²) in [5.74, 6) is 0.303. The molecule has 0 radical (unpaired) electrons. The summed E-state index contributed by atoms with van der Waals surface area (Å²) in [5.41, 5.74) is 0.00171. The molecule has 0 bridgehead atoms. The highest BCUT2D eigenvalue weighted by atomic mass is 32.2. The lowest BCUT2D eigenvalue weighted by Gasteiger charge is -2.08. The number of fused-ring (bicyclic) bond motifs is 1. The summed E-state index contributed by atoms with van der Waals surface area (Å²) >= 11 is 1.22. The summed E-state index contributed by atoms with van der Waals surface area (Å²) < 4.78 is 5.44. The molecule has 0 aromatic heterocycles. The van der Waals surface area contributed by atoms with Crippen molar-refractivity contribution in [1.82, 2.24) is 0 Å². The first-order chi connectivity index (χ1) is 8.58. The Labute approximate surface area is 109 Å². The van der Waals surface area contributed by atoms with Crippen molar-refractivity contribution in [1.29, 1.82) is 0 Å². The molecule has 94 valence electrons. The van der Waals surface area contributed by atoms with E-state index in [9.17, 15) is 10.1 Å². The van der Waals surface area contributed by atoms with Crippen LogP contribution in [0.4, 0.5) is 5.69 Å². The average Bonchev–Trinajstić information content (AvgIpc) is 2.35. The van der Waals surface area contributed by atoms with Gasteiger partial charge < -0.3 is 4.18 Å². The maximum absolute atomic E-state index is 11.0. The second-order valence-electron chi connectivity index (χ2n) is 4.15. The summed E-state index contributed by atoms with van der Waals surface area (Å²) in [6.45, 7) is 3.94. The average molecular weight is 263 g/mol. The molecule has 0 aliphatic heterocycles. The predicted molar refractivity (Wildman–Crippen MR) is 74.0 cm³/mol. The monoisotopic (exact) mass is 263 g/mol. The topological polar surface area (TPSA) is 52.4 Å². The number of hydrogen-bond donors (Lipinski definition) is 0. The molecule has 0 atom stereocenters. The molecule has 0 N–H and O–H groups in total. The summed E-state index contributed by atoms with van der Waals surface area (Å²) in [6.07, 6.45) is 0. The van der Waals surface area contributed by atoms with Gasteiger partial charge >= 0.3 is 5.69 Å². The Balaban J connectivity index is 2.47. The van der Waals surface area contributed by atoms with Crippen molar-refractivity contribution >= 4 is 28.5 Å². The van der Waals surface area contributed by atoms with E-state index >= 15 is 0 Å². The molecule has 18 heavy (non-hydrogen) atoms. The normalized spacial score (nSPS) is 10.8. The van der Waals surface area contributed by atoms with E-state index < -0.39 is 4.92 Å². The smallest absolute Gasteiger partial charge is 0.313 e. The zero-order valence-corrected chi connectivity index (χ0v) is 10.9. The maximum Gasteiger partial charge on any atom is 0.313 e. The van der Waals surface area contributed by atoms with Gasteiger partial charge in [-0.3, -0.25) is 10.1 Å². The molecule has 0 amide bonds. The molecule has 0 aliphatic carbocycles. The van der Waals surface area contributed by atoms with Crippen LogP contribution in [0.5, 0.6) is 5.75 Å². The fraction of sp³-hybridized carbons (Fsp3) is 0.231. The Bertz CT molecular complexity index is 583. The summed E-state index contributed by atoms with van der Waals surface area (Å²) in [6, 6.07) is 10.8. The molecule has 2 aromatic carbocycles. The van der Waals surface area contributed by atoms with Gasteiger partial charge in [-0.15, -0.1) is 0 Å². The summed E-state index contributed by atoms with van der Waals surface area (Å²) in [5, 5.41) is 13.0. The van der Waals surface area contributed by atoms with Crippen LogP contribution >= 0.6 is 12.0 Å². The van der Waals surface area contributed by atoms with Gasteiger partial charge in [0.2, 0.25) is 5.75 Å². The minimum atomic E-state index is -0.414. The van der Waals surface area contributed by atoms with Crippen LogP contribution in [0, 0.1) is 10.1 Å². The third kappa shape index (κ3) is 2.73. The number of hydrogen-bond acceptors (Lipinski definition) is 4. The van der Waals surface area contributed by atoms with E-state index in [-0.39, 0.29) is 10.9 Å². The molecule has 2 aromatic rings. The van der Waals surface area contributed by atoms with Gasteiger partial charge in [-0.25, -0.2) is 0 Å². The SMILES string of the molecule is CC(C)SOc1cc2ccccc2cc1[N+](=O)[O-]. The minimum Gasteiger partial charge on any atom is -0.418 e. The highest BCUT2D eigenvalue weighted by Gasteiger charge is 2.17. The fourth-order valence-electron chi connectivity index (χ4n) is 1.56. The van der Waals surface area contributed by atoms with Gasteiger partial charge in [0.15, 0.2) is 0 Å². The summed E-state index contributed by atoms with van der Waals surface area (Å²) in [4.78, 5) is 10.6. The molecule has 4 nitrogen and oxygen atoms in total. The Kier molecular flexibility index (Phi) is 3.72. The molecule has 0 spiro atoms. The molecular formula is C13H13NO3S. The first-order valence-corrected chi connectivity index (χ1v) is 6.39. The minimum absolute atomic E-state index is 0.00171. The van der Waals surface area contributed by atoms with Gasteiger partial charge in [-0.05, 0) is 16.8 Å². The number of nitrogens with zero attached hydrogens (tertiary/aromatic N) is 1. The Morgan fingerprint density at radius 2 is 1.83 bits per heavy atom. The Hall–Kier alpha value is -1.75. The second kappa shape index (κ2) is 5.27. The second-order valence-corrected chi connectivity index (χ2v) is 5.45. The van der Waals surface area contributed by atoms with Gasteiger partial charge in [0.25, 0.3) is 0 Å². The quantitative estimate of drug-likeness (QED) is 0.471. The van der Waals surface area contributed by atoms with Crippen molar-refractivity contribution in [2.75, 3.05) is 0 Å². The van der Waals surface area contributed by atoms with E-state index in [1.807, 2.05) is 38.1 Å². The molecule has 0 fully saturated rings. The van der Waals surface area contributed by atoms with E-state index in [2.05, 4.69) is 0 Å². The number of nitro benzene ring substituents is 1. The molecule has 5 heteroatoms. The zero-order chi connectivity index (χ0) is 13.1. The number of benzene rings is 2. The Morgan fingerprint density at radius 1 is 1.22 bits per heavy atom. The molecular weight excluding hydrogens is 250 g/mol. The summed E-state index contributed by atoms with van der Waals surface area (Å²) in [7, 11) is 0. The van der Waals surface area contributed by atoms with E-state index in [4.69, 9.17) is 4.18 Å². The van der Waals surface area contributed by atoms with Crippen molar-refractivity contribution in [2.45, 2.75) is 19.1 Å². The largest absolute Gasteiger partial charge is 0.418 e. The van der Waals surface area contributed by atoms with Gasteiger partial charge in [-0.2, -0.15) is 0 Å². The molecule has 0 saturated heterocycles. The molecule has 0 unspecified atom stereocenters. The molecule has 0 saturated carbocycles. The number of rotatable bonds is 4. The highest BCUT2D eigenvalue weighted by molar-refractivity contribution is 7.95. The van der Waals surface area contributed by atoms with Crippen LogP contribution in [0.25, 0.3) is 10.8 Å². The highest BCUT2D eigenvalue weighted by Crippen LogP contribution is 2.34. The standard InChI is InChI=1S/C13H13NO3S/c1-9(2)18-17-13-8-11-6-4-3-5-10(11)7-12(13)14(15)16/h3-9H,1-2H3. The van der Waals surface area contributed by atoms with Crippen molar-refractivity contribution in [3.8, 4) is 5.75 Å². The van der Waals surface area contributed by atoms with Crippen LogP contribution in [0.1, 0.15) is 13.8 Å². The van der Waals surface area contributed by atoms with Crippen LogP contribution in [0.15, 0.2) is 36.4 Å². The van der Waals surface area contributed by atoms with Gasteiger partial charge in [0.05, 0.1) is 17.0 Å². The predicted octanol–water partition coefficient (Wildman–Crippen LogP) is 4.18. The lowest BCUT2D eigenvalue weighted by atomic mass is 10.1. The van der Waals surface area contributed by atoms with Crippen LogP contribution in [0.3, 0.4) is 0 Å². The molecule has 0 heterocycles. The van der Waals surface area contributed by atoms with Crippen molar-refractivity contribution in [2.24, 2.45) is 0 Å². The third-order valence-electron chi connectivity index (χ3n) is 2.35. The van der Waals surface area contributed by atoms with E-state index in [0.717, 1.165) is 10.8 Å². The first kappa shape index (κ1) is 12.7. The molecule has 0 aliphatic rings. The van der Waals surface area contributed by atoms with Gasteiger partial charge in [0.1, 0.15) is 0 Å². The van der Waals surface area contributed by atoms with E-state index in [0.29, 0.717) is 5.75 Å². The first-order valence-electron chi connectivity index (χ1n) is 5.58.